The number of hydrogen-bond donors (Lipinski definition) is 2. The Morgan fingerprint density at radius 2 is 2.14 bits per heavy atom. The second-order valence-electron chi connectivity index (χ2n) is 6.06. The molecule has 2 saturated heterocycles. The molecule has 2 heteroatoms. The van der Waals surface area contributed by atoms with Crippen LogP contribution in [0.5, 0.6) is 0 Å². The van der Waals surface area contributed by atoms with Gasteiger partial charge in [0.15, 0.2) is 0 Å². The third-order valence-corrected chi connectivity index (χ3v) is 5.35. The fraction of sp³-hybridized carbons (Fsp3) is 1.00. The number of fused-ring (bicyclic) bond motifs is 4. The minimum absolute atomic E-state index is 0.532. The molecule has 2 aliphatic carbocycles. The lowest BCUT2D eigenvalue weighted by molar-refractivity contribution is 0.209. The summed E-state index contributed by atoms with van der Waals surface area (Å²) in [6, 6.07) is 1.70. The smallest absolute Gasteiger partial charge is 0.0341 e. The van der Waals surface area contributed by atoms with Crippen LogP contribution in [0.1, 0.15) is 38.5 Å². The lowest BCUT2D eigenvalue weighted by Crippen LogP contribution is -2.58. The Morgan fingerprint density at radius 1 is 1.14 bits per heavy atom. The molecule has 0 amide bonds. The summed E-state index contributed by atoms with van der Waals surface area (Å²) in [6.45, 7) is 1.30. The fourth-order valence-electron chi connectivity index (χ4n) is 4.73. The molecule has 0 radical (unpaired) electrons. The van der Waals surface area contributed by atoms with Crippen molar-refractivity contribution >= 4 is 0 Å². The third-order valence-electron chi connectivity index (χ3n) is 5.35. The van der Waals surface area contributed by atoms with Gasteiger partial charge < -0.3 is 10.6 Å². The van der Waals surface area contributed by atoms with Crippen LogP contribution >= 0.6 is 0 Å². The lowest BCUT2D eigenvalue weighted by atomic mass is 9.81. The maximum Gasteiger partial charge on any atom is 0.0341 e. The van der Waals surface area contributed by atoms with E-state index in [2.05, 4.69) is 10.6 Å². The van der Waals surface area contributed by atoms with Crippen LogP contribution in [0.2, 0.25) is 0 Å². The highest BCUT2D eigenvalue weighted by atomic mass is 15.2. The Bertz CT molecular complexity index is 255. The summed E-state index contributed by atoms with van der Waals surface area (Å²) in [5.74, 6) is 2.01. The summed E-state index contributed by atoms with van der Waals surface area (Å²) in [5.41, 5.74) is 0.532. The first-order chi connectivity index (χ1) is 6.86. The van der Waals surface area contributed by atoms with Crippen LogP contribution in [0.25, 0.3) is 0 Å². The van der Waals surface area contributed by atoms with E-state index in [-0.39, 0.29) is 0 Å². The van der Waals surface area contributed by atoms with Crippen LogP contribution in [0.4, 0.5) is 0 Å². The molecule has 4 bridgehead atoms. The van der Waals surface area contributed by atoms with Gasteiger partial charge in [-0.2, -0.15) is 0 Å². The van der Waals surface area contributed by atoms with Gasteiger partial charge in [0.05, 0.1) is 0 Å². The van der Waals surface area contributed by atoms with Crippen molar-refractivity contribution in [3.8, 4) is 0 Å². The molecule has 4 rings (SSSR count). The molecule has 5 unspecified atom stereocenters. The molecule has 2 nitrogen and oxygen atoms in total. The minimum Gasteiger partial charge on any atom is -0.309 e. The quantitative estimate of drug-likeness (QED) is 0.654. The summed E-state index contributed by atoms with van der Waals surface area (Å²) < 4.78 is 0. The van der Waals surface area contributed by atoms with Gasteiger partial charge in [0, 0.05) is 17.6 Å². The highest BCUT2D eigenvalue weighted by Gasteiger charge is 2.55. The first-order valence-corrected chi connectivity index (χ1v) is 6.37. The summed E-state index contributed by atoms with van der Waals surface area (Å²) >= 11 is 0. The van der Waals surface area contributed by atoms with E-state index < -0.39 is 0 Å². The average Bonchev–Trinajstić information content (AvgIpc) is 2.98. The van der Waals surface area contributed by atoms with Gasteiger partial charge in [-0.15, -0.1) is 0 Å². The standard InChI is InChI=1S/C12H20N2/c1-2-10-5-9(1)11(14-10)12-4-3-8(6-12)7-13-12/h8-11,13-14H,1-7H2. The van der Waals surface area contributed by atoms with Crippen molar-refractivity contribution in [2.45, 2.75) is 56.1 Å². The molecular weight excluding hydrogens is 172 g/mol. The average molecular weight is 192 g/mol. The normalized spacial score (nSPS) is 60.0. The van der Waals surface area contributed by atoms with E-state index in [9.17, 15) is 0 Å². The third kappa shape index (κ3) is 0.892. The second kappa shape index (κ2) is 2.53. The Kier molecular flexibility index (Phi) is 1.47. The Hall–Kier alpha value is -0.0800. The Morgan fingerprint density at radius 3 is 2.64 bits per heavy atom. The van der Waals surface area contributed by atoms with Crippen LogP contribution in [0, 0.1) is 11.8 Å². The van der Waals surface area contributed by atoms with Gasteiger partial charge in [0.1, 0.15) is 0 Å². The Balaban J connectivity index is 1.63. The van der Waals surface area contributed by atoms with Crippen molar-refractivity contribution in [2.75, 3.05) is 6.54 Å². The van der Waals surface area contributed by atoms with E-state index in [1.807, 2.05) is 0 Å². The topological polar surface area (TPSA) is 24.1 Å². The molecule has 2 aliphatic heterocycles. The molecular formula is C12H20N2. The van der Waals surface area contributed by atoms with Gasteiger partial charge in [-0.05, 0) is 56.9 Å². The molecule has 14 heavy (non-hydrogen) atoms. The van der Waals surface area contributed by atoms with Gasteiger partial charge in [-0.3, -0.25) is 0 Å². The molecule has 4 aliphatic rings. The predicted molar refractivity (Wildman–Crippen MR) is 56.1 cm³/mol. The van der Waals surface area contributed by atoms with Crippen molar-refractivity contribution in [2.24, 2.45) is 11.8 Å². The molecule has 2 N–H and O–H groups in total. The fourth-order valence-corrected chi connectivity index (χ4v) is 4.73. The van der Waals surface area contributed by atoms with Gasteiger partial charge in [0.2, 0.25) is 0 Å². The van der Waals surface area contributed by atoms with Crippen LogP contribution < -0.4 is 10.6 Å². The molecule has 0 spiro atoms. The molecule has 0 aromatic heterocycles. The zero-order chi connectivity index (χ0) is 9.17. The summed E-state index contributed by atoms with van der Waals surface area (Å²) in [5, 5.41) is 7.72. The number of rotatable bonds is 1. The molecule has 2 saturated carbocycles. The molecule has 0 aromatic carbocycles. The minimum atomic E-state index is 0.532. The van der Waals surface area contributed by atoms with Crippen LogP contribution in [-0.2, 0) is 0 Å². The van der Waals surface area contributed by atoms with Gasteiger partial charge in [0.25, 0.3) is 0 Å². The zero-order valence-corrected chi connectivity index (χ0v) is 8.76. The molecule has 5 atom stereocenters. The molecule has 78 valence electrons. The van der Waals surface area contributed by atoms with Crippen molar-refractivity contribution < 1.29 is 0 Å². The first-order valence-electron chi connectivity index (χ1n) is 6.37. The summed E-state index contributed by atoms with van der Waals surface area (Å²) in [7, 11) is 0. The van der Waals surface area contributed by atoms with E-state index in [0.29, 0.717) is 5.54 Å². The van der Waals surface area contributed by atoms with Gasteiger partial charge in [-0.1, -0.05) is 0 Å². The van der Waals surface area contributed by atoms with E-state index in [1.54, 1.807) is 0 Å². The maximum absolute atomic E-state index is 3.89. The highest BCUT2D eigenvalue weighted by Crippen LogP contribution is 2.49. The monoisotopic (exact) mass is 192 g/mol. The largest absolute Gasteiger partial charge is 0.309 e. The van der Waals surface area contributed by atoms with Crippen molar-refractivity contribution in [3.63, 3.8) is 0 Å². The molecule has 4 fully saturated rings. The zero-order valence-electron chi connectivity index (χ0n) is 8.76. The van der Waals surface area contributed by atoms with Crippen LogP contribution in [0.3, 0.4) is 0 Å². The van der Waals surface area contributed by atoms with E-state index >= 15 is 0 Å². The van der Waals surface area contributed by atoms with E-state index in [1.165, 1.54) is 45.1 Å². The Labute approximate surface area is 85.8 Å². The predicted octanol–water partition coefficient (Wildman–Crippen LogP) is 1.27. The first kappa shape index (κ1) is 8.12. The number of piperidine rings is 2. The van der Waals surface area contributed by atoms with Crippen molar-refractivity contribution in [1.29, 1.82) is 0 Å². The number of hydrogen-bond acceptors (Lipinski definition) is 2. The van der Waals surface area contributed by atoms with Crippen LogP contribution in [0.15, 0.2) is 0 Å². The SMILES string of the molecule is C1CC2(C3NC4CCC3C4)CC1CN2. The number of nitrogens with one attached hydrogen (secondary N) is 2. The van der Waals surface area contributed by atoms with E-state index in [0.717, 1.165) is 23.9 Å². The molecule has 0 aromatic rings. The van der Waals surface area contributed by atoms with Crippen molar-refractivity contribution in [1.82, 2.24) is 10.6 Å². The summed E-state index contributed by atoms with van der Waals surface area (Å²) in [4.78, 5) is 0. The lowest BCUT2D eigenvalue weighted by Gasteiger charge is -2.39. The summed E-state index contributed by atoms with van der Waals surface area (Å²) in [6.07, 6.45) is 8.81. The van der Waals surface area contributed by atoms with Crippen LogP contribution in [-0.4, -0.2) is 24.2 Å². The van der Waals surface area contributed by atoms with Crippen molar-refractivity contribution in [3.05, 3.63) is 0 Å². The molecule has 2 heterocycles. The van der Waals surface area contributed by atoms with Gasteiger partial charge in [-0.25, -0.2) is 0 Å². The van der Waals surface area contributed by atoms with E-state index in [4.69, 9.17) is 0 Å². The second-order valence-corrected chi connectivity index (χ2v) is 6.06. The highest BCUT2D eigenvalue weighted by molar-refractivity contribution is 5.15. The maximum atomic E-state index is 3.89. The van der Waals surface area contributed by atoms with Gasteiger partial charge >= 0.3 is 0 Å².